The first-order valence-electron chi connectivity index (χ1n) is 5.82. The Balaban J connectivity index is 0.00000289. The van der Waals surface area contributed by atoms with E-state index in [1.165, 1.54) is 5.56 Å². The molecule has 3 N–H and O–H groups in total. The Morgan fingerprint density at radius 2 is 2.00 bits per heavy atom. The molecule has 0 aliphatic rings. The topological polar surface area (TPSA) is 64.3 Å². The lowest BCUT2D eigenvalue weighted by Crippen LogP contribution is -2.34. The van der Waals surface area contributed by atoms with Crippen LogP contribution in [0.3, 0.4) is 0 Å². The molecule has 18 heavy (non-hydrogen) atoms. The van der Waals surface area contributed by atoms with E-state index in [2.05, 4.69) is 5.32 Å². The van der Waals surface area contributed by atoms with Crippen molar-refractivity contribution in [1.82, 2.24) is 5.32 Å². The molecular formula is C13H21ClN2O2. The zero-order valence-corrected chi connectivity index (χ0v) is 11.6. The summed E-state index contributed by atoms with van der Waals surface area (Å²) in [6.45, 7) is 4.81. The van der Waals surface area contributed by atoms with Crippen molar-refractivity contribution in [2.45, 2.75) is 26.4 Å². The molecule has 0 saturated heterocycles. The number of carbonyl (C=O) groups is 1. The summed E-state index contributed by atoms with van der Waals surface area (Å²) in [7, 11) is 0. The highest BCUT2D eigenvalue weighted by Crippen LogP contribution is 2.12. The van der Waals surface area contributed by atoms with E-state index in [1.807, 2.05) is 38.1 Å². The number of halogens is 1. The maximum atomic E-state index is 11.2. The lowest BCUT2D eigenvalue weighted by atomic mass is 10.2. The SMILES string of the molecule is Cc1ccc(OC(C)CNC(=O)CCN)cc1.Cl. The van der Waals surface area contributed by atoms with E-state index in [0.717, 1.165) is 5.75 Å². The summed E-state index contributed by atoms with van der Waals surface area (Å²) in [5.74, 6) is 0.781. The Kier molecular flexibility index (Phi) is 8.16. The molecule has 5 heteroatoms. The largest absolute Gasteiger partial charge is 0.489 e. The number of ether oxygens (including phenoxy) is 1. The van der Waals surface area contributed by atoms with Crippen molar-refractivity contribution in [2.24, 2.45) is 5.73 Å². The first-order valence-corrected chi connectivity index (χ1v) is 5.82. The highest BCUT2D eigenvalue weighted by molar-refractivity contribution is 5.85. The summed E-state index contributed by atoms with van der Waals surface area (Å²) in [6, 6.07) is 7.84. The van der Waals surface area contributed by atoms with Gasteiger partial charge in [0.05, 0.1) is 6.54 Å². The third-order valence-corrected chi connectivity index (χ3v) is 2.32. The van der Waals surface area contributed by atoms with E-state index in [4.69, 9.17) is 10.5 Å². The fourth-order valence-electron chi connectivity index (χ4n) is 1.37. The first kappa shape index (κ1) is 16.7. The zero-order chi connectivity index (χ0) is 12.7. The molecule has 1 unspecified atom stereocenters. The van der Waals surface area contributed by atoms with Crippen LogP contribution in [0.5, 0.6) is 5.75 Å². The van der Waals surface area contributed by atoms with Crippen molar-refractivity contribution in [3.05, 3.63) is 29.8 Å². The Hall–Kier alpha value is -1.26. The molecule has 1 aromatic rings. The van der Waals surface area contributed by atoms with Crippen LogP contribution in [-0.2, 0) is 4.79 Å². The summed E-state index contributed by atoms with van der Waals surface area (Å²) in [5.41, 5.74) is 6.48. The average molecular weight is 273 g/mol. The third kappa shape index (κ3) is 6.47. The third-order valence-electron chi connectivity index (χ3n) is 2.32. The molecule has 0 aliphatic heterocycles. The number of nitrogens with two attached hydrogens (primary N) is 1. The minimum absolute atomic E-state index is 0. The van der Waals surface area contributed by atoms with E-state index < -0.39 is 0 Å². The number of rotatable bonds is 6. The Morgan fingerprint density at radius 3 is 2.56 bits per heavy atom. The summed E-state index contributed by atoms with van der Waals surface area (Å²) >= 11 is 0. The van der Waals surface area contributed by atoms with Crippen molar-refractivity contribution in [3.63, 3.8) is 0 Å². The minimum atomic E-state index is -0.0561. The summed E-state index contributed by atoms with van der Waals surface area (Å²) < 4.78 is 5.65. The van der Waals surface area contributed by atoms with Gasteiger partial charge in [-0.05, 0) is 26.0 Å². The van der Waals surface area contributed by atoms with Crippen LogP contribution in [0.2, 0.25) is 0 Å². The monoisotopic (exact) mass is 272 g/mol. The predicted molar refractivity (Wildman–Crippen MR) is 75.2 cm³/mol. The van der Waals surface area contributed by atoms with E-state index in [1.54, 1.807) is 0 Å². The van der Waals surface area contributed by atoms with Gasteiger partial charge in [0.1, 0.15) is 11.9 Å². The van der Waals surface area contributed by atoms with Gasteiger partial charge < -0.3 is 15.8 Å². The van der Waals surface area contributed by atoms with Crippen molar-refractivity contribution >= 4 is 18.3 Å². The molecule has 1 aromatic carbocycles. The van der Waals surface area contributed by atoms with Gasteiger partial charge in [0.2, 0.25) is 5.91 Å². The van der Waals surface area contributed by atoms with Crippen LogP contribution in [0.1, 0.15) is 18.9 Å². The van der Waals surface area contributed by atoms with Crippen LogP contribution in [0.25, 0.3) is 0 Å². The van der Waals surface area contributed by atoms with Crippen LogP contribution in [0.15, 0.2) is 24.3 Å². The fourth-order valence-corrected chi connectivity index (χ4v) is 1.37. The summed E-state index contributed by atoms with van der Waals surface area (Å²) in [6.07, 6.45) is 0.302. The molecule has 0 heterocycles. The second-order valence-corrected chi connectivity index (χ2v) is 4.08. The number of hydrogen-bond acceptors (Lipinski definition) is 3. The number of hydrogen-bond donors (Lipinski definition) is 2. The molecule has 102 valence electrons. The number of nitrogens with one attached hydrogen (secondary N) is 1. The lowest BCUT2D eigenvalue weighted by Gasteiger charge is -2.15. The summed E-state index contributed by atoms with van der Waals surface area (Å²) in [5, 5.41) is 2.77. The first-order chi connectivity index (χ1) is 8.11. The second kappa shape index (κ2) is 8.78. The van der Waals surface area contributed by atoms with Gasteiger partial charge >= 0.3 is 0 Å². The smallest absolute Gasteiger partial charge is 0.221 e. The van der Waals surface area contributed by atoms with Gasteiger partial charge in [0.15, 0.2) is 0 Å². The van der Waals surface area contributed by atoms with Crippen molar-refractivity contribution in [3.8, 4) is 5.75 Å². The number of aryl methyl sites for hydroxylation is 1. The van der Waals surface area contributed by atoms with E-state index in [0.29, 0.717) is 19.5 Å². The second-order valence-electron chi connectivity index (χ2n) is 4.08. The van der Waals surface area contributed by atoms with E-state index in [-0.39, 0.29) is 24.4 Å². The molecule has 0 bridgehead atoms. The quantitative estimate of drug-likeness (QED) is 0.828. The number of carbonyl (C=O) groups excluding carboxylic acids is 1. The molecule has 0 radical (unpaired) electrons. The highest BCUT2D eigenvalue weighted by atomic mass is 35.5. The van der Waals surface area contributed by atoms with Gasteiger partial charge in [-0.15, -0.1) is 12.4 Å². The zero-order valence-electron chi connectivity index (χ0n) is 10.8. The average Bonchev–Trinajstić information content (AvgIpc) is 2.30. The Morgan fingerprint density at radius 1 is 1.39 bits per heavy atom. The minimum Gasteiger partial charge on any atom is -0.489 e. The van der Waals surface area contributed by atoms with Gasteiger partial charge in [0.25, 0.3) is 0 Å². The predicted octanol–water partition coefficient (Wildman–Crippen LogP) is 1.65. The van der Waals surface area contributed by atoms with Crippen LogP contribution >= 0.6 is 12.4 Å². The maximum absolute atomic E-state index is 11.2. The van der Waals surface area contributed by atoms with Crippen molar-refractivity contribution in [2.75, 3.05) is 13.1 Å². The van der Waals surface area contributed by atoms with E-state index in [9.17, 15) is 4.79 Å². The molecule has 0 aromatic heterocycles. The molecule has 0 aliphatic carbocycles. The summed E-state index contributed by atoms with van der Waals surface area (Å²) in [4.78, 5) is 11.2. The van der Waals surface area contributed by atoms with Gasteiger partial charge in [-0.1, -0.05) is 17.7 Å². The van der Waals surface area contributed by atoms with Crippen LogP contribution in [0.4, 0.5) is 0 Å². The van der Waals surface area contributed by atoms with Gasteiger partial charge in [-0.2, -0.15) is 0 Å². The molecular weight excluding hydrogens is 252 g/mol. The molecule has 0 spiro atoms. The van der Waals surface area contributed by atoms with Crippen LogP contribution < -0.4 is 15.8 Å². The van der Waals surface area contributed by atoms with E-state index >= 15 is 0 Å². The Bertz CT molecular complexity index is 355. The lowest BCUT2D eigenvalue weighted by molar-refractivity contribution is -0.121. The molecule has 1 amide bonds. The molecule has 1 atom stereocenters. The maximum Gasteiger partial charge on any atom is 0.221 e. The molecule has 1 rings (SSSR count). The Labute approximate surface area is 114 Å². The fraction of sp³-hybridized carbons (Fsp3) is 0.462. The normalized spacial score (nSPS) is 11.3. The van der Waals surface area contributed by atoms with Crippen LogP contribution in [-0.4, -0.2) is 25.1 Å². The molecule has 0 fully saturated rings. The number of amides is 1. The van der Waals surface area contributed by atoms with Crippen LogP contribution in [0, 0.1) is 6.92 Å². The standard InChI is InChI=1S/C13H20N2O2.ClH/c1-10-3-5-12(6-4-10)17-11(2)9-15-13(16)7-8-14;/h3-6,11H,7-9,14H2,1-2H3,(H,15,16);1H. The van der Waals surface area contributed by atoms with Crippen molar-refractivity contribution < 1.29 is 9.53 Å². The van der Waals surface area contributed by atoms with Gasteiger partial charge in [-0.3, -0.25) is 4.79 Å². The molecule has 4 nitrogen and oxygen atoms in total. The number of benzene rings is 1. The highest BCUT2D eigenvalue weighted by Gasteiger charge is 2.06. The molecule has 0 saturated carbocycles. The van der Waals surface area contributed by atoms with Gasteiger partial charge in [0, 0.05) is 13.0 Å². The van der Waals surface area contributed by atoms with Crippen molar-refractivity contribution in [1.29, 1.82) is 0 Å². The van der Waals surface area contributed by atoms with Gasteiger partial charge in [-0.25, -0.2) is 0 Å².